The van der Waals surface area contributed by atoms with E-state index in [1.165, 1.54) is 12.4 Å². The van der Waals surface area contributed by atoms with Crippen LogP contribution in [0.5, 0.6) is 0 Å². The van der Waals surface area contributed by atoms with E-state index in [1.54, 1.807) is 6.20 Å². The summed E-state index contributed by atoms with van der Waals surface area (Å²) in [4.78, 5) is 29.1. The van der Waals surface area contributed by atoms with Crippen LogP contribution in [-0.2, 0) is 6.54 Å². The van der Waals surface area contributed by atoms with Crippen molar-refractivity contribution in [3.05, 3.63) is 46.0 Å². The molecule has 0 aromatic carbocycles. The number of aromatic nitrogens is 5. The minimum Gasteiger partial charge on any atom is -0.363 e. The SMILES string of the molecule is O=c1[nH]ccnc1CNc1nc(Cl)nc2[nH]ccc12. The van der Waals surface area contributed by atoms with Gasteiger partial charge in [0.25, 0.3) is 5.56 Å². The smallest absolute Gasteiger partial charge is 0.271 e. The van der Waals surface area contributed by atoms with Gasteiger partial charge in [-0.2, -0.15) is 4.98 Å². The van der Waals surface area contributed by atoms with E-state index in [2.05, 4.69) is 30.2 Å². The van der Waals surface area contributed by atoms with Gasteiger partial charge in [-0.15, -0.1) is 0 Å². The number of rotatable bonds is 3. The van der Waals surface area contributed by atoms with Gasteiger partial charge in [-0.05, 0) is 17.7 Å². The molecule has 0 amide bonds. The van der Waals surface area contributed by atoms with Gasteiger partial charge >= 0.3 is 0 Å². The molecule has 8 heteroatoms. The Bertz CT molecular complexity index is 780. The maximum absolute atomic E-state index is 11.5. The molecule has 3 heterocycles. The van der Waals surface area contributed by atoms with E-state index in [0.29, 0.717) is 17.2 Å². The minimum absolute atomic E-state index is 0.132. The fourth-order valence-corrected chi connectivity index (χ4v) is 1.89. The Morgan fingerprint density at radius 1 is 1.26 bits per heavy atom. The quantitative estimate of drug-likeness (QED) is 0.626. The van der Waals surface area contributed by atoms with Crippen LogP contribution in [0.25, 0.3) is 11.0 Å². The summed E-state index contributed by atoms with van der Waals surface area (Å²) in [6.45, 7) is 0.254. The highest BCUT2D eigenvalue weighted by Crippen LogP contribution is 2.20. The summed E-state index contributed by atoms with van der Waals surface area (Å²) in [5.74, 6) is 0.557. The van der Waals surface area contributed by atoms with Crippen molar-refractivity contribution in [3.8, 4) is 0 Å². The van der Waals surface area contributed by atoms with Crippen LogP contribution >= 0.6 is 11.6 Å². The van der Waals surface area contributed by atoms with Gasteiger partial charge in [0.1, 0.15) is 17.2 Å². The Morgan fingerprint density at radius 3 is 3.00 bits per heavy atom. The molecular formula is C11H9ClN6O. The lowest BCUT2D eigenvalue weighted by molar-refractivity contribution is 0.964. The number of nitrogens with one attached hydrogen (secondary N) is 3. The molecule has 3 aromatic heterocycles. The van der Waals surface area contributed by atoms with Gasteiger partial charge in [-0.1, -0.05) is 0 Å². The van der Waals surface area contributed by atoms with Crippen molar-refractivity contribution >= 4 is 28.5 Å². The molecule has 0 radical (unpaired) electrons. The van der Waals surface area contributed by atoms with Crippen molar-refractivity contribution in [2.45, 2.75) is 6.54 Å². The molecule has 7 nitrogen and oxygen atoms in total. The monoisotopic (exact) mass is 276 g/mol. The lowest BCUT2D eigenvalue weighted by Crippen LogP contribution is -2.17. The molecule has 0 bridgehead atoms. The summed E-state index contributed by atoms with van der Waals surface area (Å²) in [6.07, 6.45) is 4.75. The predicted octanol–water partition coefficient (Wildman–Crippen LogP) is 1.31. The largest absolute Gasteiger partial charge is 0.363 e. The third-order valence-corrected chi connectivity index (χ3v) is 2.76. The summed E-state index contributed by atoms with van der Waals surface area (Å²) in [5.41, 5.74) is 0.777. The van der Waals surface area contributed by atoms with Gasteiger partial charge in [0.05, 0.1) is 11.9 Å². The normalized spacial score (nSPS) is 10.8. The predicted molar refractivity (Wildman–Crippen MR) is 71.1 cm³/mol. The van der Waals surface area contributed by atoms with Crippen molar-refractivity contribution in [1.29, 1.82) is 0 Å². The molecule has 0 aliphatic rings. The number of halogens is 1. The van der Waals surface area contributed by atoms with Gasteiger partial charge in [-0.25, -0.2) is 4.98 Å². The highest BCUT2D eigenvalue weighted by Gasteiger charge is 2.08. The third kappa shape index (κ3) is 2.27. The van der Waals surface area contributed by atoms with E-state index in [0.717, 1.165) is 5.39 Å². The van der Waals surface area contributed by atoms with Crippen molar-refractivity contribution in [2.75, 3.05) is 5.32 Å². The Labute approximate surface area is 112 Å². The van der Waals surface area contributed by atoms with E-state index in [1.807, 2.05) is 6.07 Å². The minimum atomic E-state index is -0.236. The Kier molecular flexibility index (Phi) is 2.88. The van der Waals surface area contributed by atoms with Crippen LogP contribution in [0.2, 0.25) is 5.28 Å². The summed E-state index contributed by atoms with van der Waals surface area (Å²) in [6, 6.07) is 1.83. The number of H-pyrrole nitrogens is 2. The summed E-state index contributed by atoms with van der Waals surface area (Å²) in [7, 11) is 0. The standard InChI is InChI=1S/C11H9ClN6O/c12-11-17-8-6(1-2-14-8)9(18-11)16-5-7-10(19)15-4-3-13-7/h1-4H,5H2,(H,15,19)(H2,14,16,17,18). The average Bonchev–Trinajstić information content (AvgIpc) is 2.85. The fraction of sp³-hybridized carbons (Fsp3) is 0.0909. The number of anilines is 1. The molecule has 0 saturated heterocycles. The van der Waals surface area contributed by atoms with E-state index < -0.39 is 0 Å². The van der Waals surface area contributed by atoms with E-state index in [-0.39, 0.29) is 17.4 Å². The van der Waals surface area contributed by atoms with Gasteiger partial charge in [0.15, 0.2) is 0 Å². The van der Waals surface area contributed by atoms with Gasteiger partial charge in [-0.3, -0.25) is 9.78 Å². The highest BCUT2D eigenvalue weighted by atomic mass is 35.5. The topological polar surface area (TPSA) is 99.3 Å². The highest BCUT2D eigenvalue weighted by molar-refractivity contribution is 6.28. The molecule has 0 fully saturated rings. The first kappa shape index (κ1) is 11.7. The molecule has 0 unspecified atom stereocenters. The molecule has 3 N–H and O–H groups in total. The van der Waals surface area contributed by atoms with Gasteiger partial charge in [0.2, 0.25) is 5.28 Å². The lowest BCUT2D eigenvalue weighted by Gasteiger charge is -2.05. The second kappa shape index (κ2) is 4.69. The molecule has 19 heavy (non-hydrogen) atoms. The second-order valence-corrected chi connectivity index (χ2v) is 4.14. The zero-order valence-electron chi connectivity index (χ0n) is 9.64. The van der Waals surface area contributed by atoms with Crippen LogP contribution in [0, 0.1) is 0 Å². The molecule has 96 valence electrons. The number of hydrogen-bond acceptors (Lipinski definition) is 5. The van der Waals surface area contributed by atoms with Crippen LogP contribution < -0.4 is 10.9 Å². The number of aromatic amines is 2. The van der Waals surface area contributed by atoms with Crippen LogP contribution in [0.1, 0.15) is 5.69 Å². The Morgan fingerprint density at radius 2 is 2.16 bits per heavy atom. The molecule has 0 aliphatic carbocycles. The third-order valence-electron chi connectivity index (χ3n) is 2.59. The lowest BCUT2D eigenvalue weighted by atomic mass is 10.3. The second-order valence-electron chi connectivity index (χ2n) is 3.80. The zero-order valence-corrected chi connectivity index (χ0v) is 10.4. The van der Waals surface area contributed by atoms with Crippen molar-refractivity contribution in [2.24, 2.45) is 0 Å². The molecule has 0 spiro atoms. The zero-order chi connectivity index (χ0) is 13.2. The van der Waals surface area contributed by atoms with E-state index >= 15 is 0 Å². The summed E-state index contributed by atoms with van der Waals surface area (Å²) >= 11 is 5.83. The molecule has 3 aromatic rings. The number of hydrogen-bond donors (Lipinski definition) is 3. The molecule has 0 atom stereocenters. The average molecular weight is 277 g/mol. The fourth-order valence-electron chi connectivity index (χ4n) is 1.72. The van der Waals surface area contributed by atoms with Crippen LogP contribution in [0.3, 0.4) is 0 Å². The molecular weight excluding hydrogens is 268 g/mol. The Balaban J connectivity index is 1.92. The summed E-state index contributed by atoms with van der Waals surface area (Å²) < 4.78 is 0. The van der Waals surface area contributed by atoms with Gasteiger partial charge < -0.3 is 15.3 Å². The van der Waals surface area contributed by atoms with Gasteiger partial charge in [0, 0.05) is 18.6 Å². The summed E-state index contributed by atoms with van der Waals surface area (Å²) in [5, 5.41) is 3.97. The molecule has 0 saturated carbocycles. The number of fused-ring (bicyclic) bond motifs is 1. The van der Waals surface area contributed by atoms with Crippen molar-refractivity contribution < 1.29 is 0 Å². The Hall–Kier alpha value is -2.41. The number of nitrogens with zero attached hydrogens (tertiary/aromatic N) is 3. The van der Waals surface area contributed by atoms with Crippen molar-refractivity contribution in [1.82, 2.24) is 24.9 Å². The first-order valence-electron chi connectivity index (χ1n) is 5.51. The maximum atomic E-state index is 11.5. The van der Waals surface area contributed by atoms with Crippen LogP contribution in [0.15, 0.2) is 29.5 Å². The molecule has 3 rings (SSSR count). The van der Waals surface area contributed by atoms with Crippen LogP contribution in [-0.4, -0.2) is 24.9 Å². The van der Waals surface area contributed by atoms with Crippen molar-refractivity contribution in [3.63, 3.8) is 0 Å². The first-order valence-corrected chi connectivity index (χ1v) is 5.89. The van der Waals surface area contributed by atoms with E-state index in [9.17, 15) is 4.79 Å². The molecule has 0 aliphatic heterocycles. The van der Waals surface area contributed by atoms with E-state index in [4.69, 9.17) is 11.6 Å². The maximum Gasteiger partial charge on any atom is 0.271 e. The first-order chi connectivity index (χ1) is 9.24. The van der Waals surface area contributed by atoms with Crippen LogP contribution in [0.4, 0.5) is 5.82 Å².